The number of carbonyl (C=O) groups excluding carboxylic acids is 1. The zero-order valence-corrected chi connectivity index (χ0v) is 11.1. The molecule has 0 N–H and O–H groups in total. The minimum absolute atomic E-state index is 0.0171. The number of hydrogen-bond acceptors (Lipinski definition) is 4. The van der Waals surface area contributed by atoms with E-state index in [9.17, 15) is 9.18 Å². The van der Waals surface area contributed by atoms with E-state index < -0.39 is 0 Å². The maximum atomic E-state index is 13.5. The maximum absolute atomic E-state index is 13.5. The molecule has 2 rings (SSSR count). The molecule has 1 aromatic rings. The molecule has 0 radical (unpaired) electrons. The van der Waals surface area contributed by atoms with Crippen LogP contribution in [0.1, 0.15) is 31.4 Å². The molecular weight excluding hydrogens is 251 g/mol. The van der Waals surface area contributed by atoms with Crippen LogP contribution in [0.25, 0.3) is 0 Å². The summed E-state index contributed by atoms with van der Waals surface area (Å²) in [7, 11) is 0. The van der Waals surface area contributed by atoms with E-state index >= 15 is 0 Å². The predicted molar refractivity (Wildman–Crippen MR) is 65.9 cm³/mol. The molecule has 19 heavy (non-hydrogen) atoms. The third-order valence-electron chi connectivity index (χ3n) is 3.14. The van der Waals surface area contributed by atoms with Gasteiger partial charge in [0.15, 0.2) is 6.79 Å². The molecule has 1 aromatic carbocycles. The minimum atomic E-state index is -0.387. The van der Waals surface area contributed by atoms with Crippen molar-refractivity contribution >= 4 is 5.97 Å². The summed E-state index contributed by atoms with van der Waals surface area (Å²) in [6, 6.07) is 2.70. The molecule has 0 saturated heterocycles. The summed E-state index contributed by atoms with van der Waals surface area (Å²) < 4.78 is 29.1. The van der Waals surface area contributed by atoms with Crippen molar-refractivity contribution in [3.63, 3.8) is 0 Å². The molecule has 0 saturated carbocycles. The number of fused-ring (bicyclic) bond motifs is 1. The summed E-state index contributed by atoms with van der Waals surface area (Å²) in [4.78, 5) is 11.6. The van der Waals surface area contributed by atoms with Gasteiger partial charge in [0.05, 0.1) is 12.5 Å². The summed E-state index contributed by atoms with van der Waals surface area (Å²) >= 11 is 0. The van der Waals surface area contributed by atoms with E-state index in [0.717, 1.165) is 0 Å². The summed E-state index contributed by atoms with van der Waals surface area (Å²) in [6.45, 7) is 4.16. The van der Waals surface area contributed by atoms with Crippen LogP contribution in [-0.2, 0) is 27.5 Å². The zero-order chi connectivity index (χ0) is 13.8. The van der Waals surface area contributed by atoms with Gasteiger partial charge in [-0.15, -0.1) is 0 Å². The first-order chi connectivity index (χ1) is 9.11. The van der Waals surface area contributed by atoms with E-state index in [1.165, 1.54) is 12.1 Å². The highest BCUT2D eigenvalue weighted by Gasteiger charge is 2.19. The highest BCUT2D eigenvalue weighted by atomic mass is 19.1. The summed E-state index contributed by atoms with van der Waals surface area (Å²) in [6.07, 6.45) is 0.713. The first-order valence-electron chi connectivity index (χ1n) is 6.30. The molecule has 0 bridgehead atoms. The highest BCUT2D eigenvalue weighted by molar-refractivity contribution is 5.72. The monoisotopic (exact) mass is 268 g/mol. The normalized spacial score (nSPS) is 15.3. The van der Waals surface area contributed by atoms with Gasteiger partial charge < -0.3 is 14.2 Å². The molecule has 4 nitrogen and oxygen atoms in total. The number of benzene rings is 1. The molecule has 1 aliphatic heterocycles. The first kappa shape index (κ1) is 13.8. The van der Waals surface area contributed by atoms with Gasteiger partial charge in [-0.3, -0.25) is 4.79 Å². The molecular formula is C14H17FO4. The molecule has 104 valence electrons. The van der Waals surface area contributed by atoms with Crippen molar-refractivity contribution in [3.05, 3.63) is 29.1 Å². The van der Waals surface area contributed by atoms with Crippen LogP contribution >= 0.6 is 0 Å². The number of ether oxygens (including phenoxy) is 3. The summed E-state index contributed by atoms with van der Waals surface area (Å²) in [5.74, 6) is -0.270. The van der Waals surface area contributed by atoms with Crippen molar-refractivity contribution in [2.24, 2.45) is 5.92 Å². The van der Waals surface area contributed by atoms with Crippen LogP contribution in [0.15, 0.2) is 12.1 Å². The molecule has 0 aromatic heterocycles. The molecule has 1 heterocycles. The van der Waals surface area contributed by atoms with Crippen LogP contribution in [-0.4, -0.2) is 12.8 Å². The van der Waals surface area contributed by atoms with Crippen molar-refractivity contribution in [1.29, 1.82) is 0 Å². The number of carbonyl (C=O) groups is 1. The van der Waals surface area contributed by atoms with Gasteiger partial charge in [-0.1, -0.05) is 13.8 Å². The third-order valence-corrected chi connectivity index (χ3v) is 3.14. The third kappa shape index (κ3) is 3.23. The molecule has 0 amide bonds. The lowest BCUT2D eigenvalue weighted by atomic mass is 10.1. The van der Waals surface area contributed by atoms with Gasteiger partial charge in [0.1, 0.15) is 18.2 Å². The Labute approximate surface area is 111 Å². The van der Waals surface area contributed by atoms with E-state index in [1.54, 1.807) is 6.92 Å². The molecule has 5 heteroatoms. The van der Waals surface area contributed by atoms with Crippen LogP contribution in [0.2, 0.25) is 0 Å². The average molecular weight is 268 g/mol. The Morgan fingerprint density at radius 1 is 1.53 bits per heavy atom. The van der Waals surface area contributed by atoms with E-state index in [4.69, 9.17) is 14.2 Å². The quantitative estimate of drug-likeness (QED) is 0.788. The zero-order valence-electron chi connectivity index (χ0n) is 11.1. The smallest absolute Gasteiger partial charge is 0.308 e. The van der Waals surface area contributed by atoms with E-state index in [-0.39, 0.29) is 31.1 Å². The van der Waals surface area contributed by atoms with Crippen molar-refractivity contribution in [2.75, 3.05) is 6.79 Å². The predicted octanol–water partition coefficient (Wildman–Crippen LogP) is 2.78. The fourth-order valence-electron chi connectivity index (χ4n) is 1.82. The van der Waals surface area contributed by atoms with E-state index in [1.807, 2.05) is 6.92 Å². The second-order valence-corrected chi connectivity index (χ2v) is 4.58. The summed E-state index contributed by atoms with van der Waals surface area (Å²) in [5, 5.41) is 0. The summed E-state index contributed by atoms with van der Waals surface area (Å²) in [5.41, 5.74) is 1.18. The Balaban J connectivity index is 2.12. The molecule has 0 aliphatic carbocycles. The Kier molecular flexibility index (Phi) is 4.37. The molecule has 1 atom stereocenters. The standard InChI is InChI=1S/C14H17FO4/c1-3-9(2)14(16)18-7-11-5-12(15)4-10-6-17-8-19-13(10)11/h4-5,9H,3,6-8H2,1-2H3/t9-/m0/s1. The van der Waals surface area contributed by atoms with E-state index in [2.05, 4.69) is 0 Å². The Morgan fingerprint density at radius 3 is 3.05 bits per heavy atom. The van der Waals surface area contributed by atoms with Gasteiger partial charge in [0.25, 0.3) is 0 Å². The lowest BCUT2D eigenvalue weighted by molar-refractivity contribution is -0.149. The highest BCUT2D eigenvalue weighted by Crippen LogP contribution is 2.30. The van der Waals surface area contributed by atoms with Gasteiger partial charge in [-0.25, -0.2) is 4.39 Å². The maximum Gasteiger partial charge on any atom is 0.308 e. The fraction of sp³-hybridized carbons (Fsp3) is 0.500. The lowest BCUT2D eigenvalue weighted by Crippen LogP contribution is -2.17. The first-order valence-corrected chi connectivity index (χ1v) is 6.30. The largest absolute Gasteiger partial charge is 0.467 e. The average Bonchev–Trinajstić information content (AvgIpc) is 2.43. The Morgan fingerprint density at radius 2 is 2.32 bits per heavy atom. The number of rotatable bonds is 4. The Hall–Kier alpha value is -1.62. The number of esters is 1. The van der Waals surface area contributed by atoms with Crippen LogP contribution in [0.4, 0.5) is 4.39 Å². The van der Waals surface area contributed by atoms with Crippen LogP contribution in [0, 0.1) is 11.7 Å². The van der Waals surface area contributed by atoms with Gasteiger partial charge in [0, 0.05) is 11.1 Å². The van der Waals surface area contributed by atoms with Gasteiger partial charge in [0.2, 0.25) is 0 Å². The number of hydrogen-bond donors (Lipinski definition) is 0. The molecule has 0 spiro atoms. The van der Waals surface area contributed by atoms with Crippen LogP contribution in [0.5, 0.6) is 5.75 Å². The number of halogens is 1. The SMILES string of the molecule is CC[C@H](C)C(=O)OCc1cc(F)cc2c1OCOC2. The lowest BCUT2D eigenvalue weighted by Gasteiger charge is -2.21. The van der Waals surface area contributed by atoms with Crippen molar-refractivity contribution in [1.82, 2.24) is 0 Å². The molecule has 0 fully saturated rings. The van der Waals surface area contributed by atoms with Gasteiger partial charge in [-0.05, 0) is 18.6 Å². The molecule has 1 aliphatic rings. The van der Waals surface area contributed by atoms with Crippen molar-refractivity contribution < 1.29 is 23.4 Å². The van der Waals surface area contributed by atoms with Gasteiger partial charge in [-0.2, -0.15) is 0 Å². The van der Waals surface area contributed by atoms with Crippen molar-refractivity contribution in [3.8, 4) is 5.75 Å². The second kappa shape index (κ2) is 6.02. The second-order valence-electron chi connectivity index (χ2n) is 4.58. The van der Waals surface area contributed by atoms with Crippen LogP contribution in [0.3, 0.4) is 0 Å². The van der Waals surface area contributed by atoms with Crippen molar-refractivity contribution in [2.45, 2.75) is 33.5 Å². The topological polar surface area (TPSA) is 44.8 Å². The molecule has 0 unspecified atom stereocenters. The Bertz CT molecular complexity index is 473. The minimum Gasteiger partial charge on any atom is -0.467 e. The van der Waals surface area contributed by atoms with Crippen LogP contribution < -0.4 is 4.74 Å². The van der Waals surface area contributed by atoms with Gasteiger partial charge >= 0.3 is 5.97 Å². The fourth-order valence-corrected chi connectivity index (χ4v) is 1.82. The van der Waals surface area contributed by atoms with E-state index in [0.29, 0.717) is 29.9 Å².